The minimum atomic E-state index is 0.766. The number of ether oxygens (including phenoxy) is 1. The van der Waals surface area contributed by atoms with Gasteiger partial charge in [-0.25, -0.2) is 4.98 Å². The van der Waals surface area contributed by atoms with Gasteiger partial charge >= 0.3 is 0 Å². The molecule has 0 unspecified atom stereocenters. The smallest absolute Gasteiger partial charge is 0.157 e. The molecule has 0 radical (unpaired) electrons. The van der Waals surface area contributed by atoms with E-state index in [0.29, 0.717) is 0 Å². The van der Waals surface area contributed by atoms with Crippen molar-refractivity contribution in [2.75, 3.05) is 12.4 Å². The molecule has 0 aliphatic rings. The average molecular weight is 317 g/mol. The maximum absolute atomic E-state index is 5.26. The first-order valence-electron chi connectivity index (χ1n) is 7.50. The normalized spacial score (nSPS) is 10.7. The highest BCUT2D eigenvalue weighted by Crippen LogP contribution is 2.23. The van der Waals surface area contributed by atoms with Crippen LogP contribution in [-0.4, -0.2) is 26.7 Å². The van der Waals surface area contributed by atoms with Gasteiger partial charge in [0.25, 0.3) is 0 Å². The number of nitrogens with one attached hydrogen (secondary N) is 1. The van der Waals surface area contributed by atoms with Crippen molar-refractivity contribution >= 4 is 17.2 Å². The average Bonchev–Trinajstić information content (AvgIpc) is 3.08. The molecule has 6 heteroatoms. The van der Waals surface area contributed by atoms with Crippen LogP contribution >= 0.6 is 0 Å². The van der Waals surface area contributed by atoms with Gasteiger partial charge in [0.05, 0.1) is 12.8 Å². The first kappa shape index (κ1) is 14.2. The van der Waals surface area contributed by atoms with Gasteiger partial charge in [-0.3, -0.25) is 4.98 Å². The fourth-order valence-electron chi connectivity index (χ4n) is 2.49. The Morgan fingerprint density at radius 3 is 2.83 bits per heavy atom. The summed E-state index contributed by atoms with van der Waals surface area (Å²) in [4.78, 5) is 8.52. The van der Waals surface area contributed by atoms with Crippen LogP contribution in [0.2, 0.25) is 0 Å². The number of benzene rings is 1. The third-order valence-corrected chi connectivity index (χ3v) is 3.66. The van der Waals surface area contributed by atoms with Crippen LogP contribution in [0.5, 0.6) is 5.75 Å². The summed E-state index contributed by atoms with van der Waals surface area (Å²) in [6.07, 6.45) is 5.29. The van der Waals surface area contributed by atoms with Crippen molar-refractivity contribution in [1.29, 1.82) is 0 Å². The van der Waals surface area contributed by atoms with Crippen LogP contribution in [0.3, 0.4) is 0 Å². The Morgan fingerprint density at radius 1 is 1.04 bits per heavy atom. The van der Waals surface area contributed by atoms with E-state index >= 15 is 0 Å². The van der Waals surface area contributed by atoms with Crippen molar-refractivity contribution in [1.82, 2.24) is 19.6 Å². The summed E-state index contributed by atoms with van der Waals surface area (Å²) in [7, 11) is 1.65. The van der Waals surface area contributed by atoms with E-state index in [4.69, 9.17) is 4.74 Å². The number of pyridine rings is 1. The maximum Gasteiger partial charge on any atom is 0.157 e. The number of fused-ring (bicyclic) bond motifs is 1. The molecular weight excluding hydrogens is 302 g/mol. The Bertz CT molecular complexity index is 981. The summed E-state index contributed by atoms with van der Waals surface area (Å²) in [6.45, 7) is 0. The number of rotatable bonds is 4. The monoisotopic (exact) mass is 317 g/mol. The molecule has 3 aromatic heterocycles. The van der Waals surface area contributed by atoms with Gasteiger partial charge in [0.1, 0.15) is 11.6 Å². The molecule has 1 N–H and O–H groups in total. The van der Waals surface area contributed by atoms with Gasteiger partial charge in [-0.2, -0.15) is 9.61 Å². The van der Waals surface area contributed by atoms with Crippen molar-refractivity contribution < 1.29 is 4.74 Å². The van der Waals surface area contributed by atoms with E-state index in [0.717, 1.165) is 34.2 Å². The Hall–Kier alpha value is -3.41. The molecule has 0 saturated carbocycles. The van der Waals surface area contributed by atoms with E-state index in [-0.39, 0.29) is 0 Å². The van der Waals surface area contributed by atoms with Crippen LogP contribution in [0.25, 0.3) is 16.9 Å². The van der Waals surface area contributed by atoms with E-state index in [1.54, 1.807) is 30.2 Å². The van der Waals surface area contributed by atoms with Crippen molar-refractivity contribution in [2.45, 2.75) is 0 Å². The van der Waals surface area contributed by atoms with Crippen molar-refractivity contribution in [2.24, 2.45) is 0 Å². The zero-order valence-electron chi connectivity index (χ0n) is 13.0. The van der Waals surface area contributed by atoms with Gasteiger partial charge in [0, 0.05) is 42.0 Å². The highest BCUT2D eigenvalue weighted by Gasteiger charge is 2.09. The van der Waals surface area contributed by atoms with Crippen LogP contribution in [0.1, 0.15) is 0 Å². The van der Waals surface area contributed by atoms with Crippen LogP contribution in [0.4, 0.5) is 11.5 Å². The van der Waals surface area contributed by atoms with Crippen molar-refractivity contribution in [3.05, 3.63) is 67.1 Å². The lowest BCUT2D eigenvalue weighted by Gasteiger charge is -2.09. The first-order valence-corrected chi connectivity index (χ1v) is 7.50. The molecule has 24 heavy (non-hydrogen) atoms. The Balaban J connectivity index is 1.74. The van der Waals surface area contributed by atoms with E-state index in [2.05, 4.69) is 20.4 Å². The summed E-state index contributed by atoms with van der Waals surface area (Å²) in [5.41, 5.74) is 3.47. The van der Waals surface area contributed by atoms with E-state index in [1.807, 2.05) is 48.5 Å². The second-order valence-electron chi connectivity index (χ2n) is 5.23. The number of anilines is 2. The number of hydrogen-bond acceptors (Lipinski definition) is 5. The maximum atomic E-state index is 5.26. The molecule has 0 atom stereocenters. The molecule has 0 aliphatic heterocycles. The largest absolute Gasteiger partial charge is 0.497 e. The summed E-state index contributed by atoms with van der Waals surface area (Å²) in [5.74, 6) is 1.62. The molecular formula is C18H15N5O. The molecule has 0 saturated heterocycles. The molecule has 0 aliphatic carbocycles. The zero-order chi connectivity index (χ0) is 16.4. The molecule has 4 rings (SSSR count). The fourth-order valence-corrected chi connectivity index (χ4v) is 2.49. The molecule has 0 amide bonds. The third kappa shape index (κ3) is 2.65. The molecule has 3 heterocycles. The third-order valence-electron chi connectivity index (χ3n) is 3.66. The molecule has 0 fully saturated rings. The van der Waals surface area contributed by atoms with Crippen molar-refractivity contribution in [3.8, 4) is 17.0 Å². The second-order valence-corrected chi connectivity index (χ2v) is 5.23. The van der Waals surface area contributed by atoms with E-state index in [9.17, 15) is 0 Å². The van der Waals surface area contributed by atoms with Gasteiger partial charge in [0.2, 0.25) is 0 Å². The van der Waals surface area contributed by atoms with Crippen LogP contribution in [-0.2, 0) is 0 Å². The Labute approximate surface area is 138 Å². The summed E-state index contributed by atoms with van der Waals surface area (Å²) in [5, 5.41) is 7.99. The Kier molecular flexibility index (Phi) is 3.55. The summed E-state index contributed by atoms with van der Waals surface area (Å²) in [6, 6.07) is 15.4. The minimum absolute atomic E-state index is 0.766. The lowest BCUT2D eigenvalue weighted by atomic mass is 10.2. The number of hydrogen-bond donors (Lipinski definition) is 1. The quantitative estimate of drug-likeness (QED) is 0.623. The predicted molar refractivity (Wildman–Crippen MR) is 92.5 cm³/mol. The van der Waals surface area contributed by atoms with Crippen LogP contribution in [0.15, 0.2) is 67.1 Å². The number of aromatic nitrogens is 4. The summed E-state index contributed by atoms with van der Waals surface area (Å²) < 4.78 is 7.04. The molecule has 118 valence electrons. The Morgan fingerprint density at radius 2 is 2.00 bits per heavy atom. The minimum Gasteiger partial charge on any atom is -0.497 e. The lowest BCUT2D eigenvalue weighted by molar-refractivity contribution is 0.415. The second kappa shape index (κ2) is 6.00. The fraction of sp³-hybridized carbons (Fsp3) is 0.0556. The van der Waals surface area contributed by atoms with Crippen molar-refractivity contribution in [3.63, 3.8) is 0 Å². The van der Waals surface area contributed by atoms with Gasteiger partial charge < -0.3 is 10.1 Å². The van der Waals surface area contributed by atoms with Gasteiger partial charge in [-0.15, -0.1) is 0 Å². The standard InChI is InChI=1S/C18H15N5O/c1-24-15-6-2-5-14(10-15)21-17-7-9-20-18-11-16(22-23(17)18)13-4-3-8-19-12-13/h2-12,21H,1H3. The lowest BCUT2D eigenvalue weighted by Crippen LogP contribution is -2.00. The topological polar surface area (TPSA) is 64.3 Å². The SMILES string of the molecule is COc1cccc(Nc2ccnc3cc(-c4cccnc4)nn23)c1. The first-order chi connectivity index (χ1) is 11.8. The number of methoxy groups -OCH3 is 1. The van der Waals surface area contributed by atoms with Gasteiger partial charge in [-0.05, 0) is 30.3 Å². The van der Waals surface area contributed by atoms with Gasteiger partial charge in [0.15, 0.2) is 5.65 Å². The van der Waals surface area contributed by atoms with Gasteiger partial charge in [-0.1, -0.05) is 6.07 Å². The molecule has 0 spiro atoms. The highest BCUT2D eigenvalue weighted by molar-refractivity contribution is 5.66. The van der Waals surface area contributed by atoms with E-state index in [1.165, 1.54) is 0 Å². The molecule has 0 bridgehead atoms. The number of nitrogens with zero attached hydrogens (tertiary/aromatic N) is 4. The molecule has 1 aromatic carbocycles. The summed E-state index contributed by atoms with van der Waals surface area (Å²) >= 11 is 0. The van der Waals surface area contributed by atoms with Crippen LogP contribution in [0, 0.1) is 0 Å². The highest BCUT2D eigenvalue weighted by atomic mass is 16.5. The molecule has 4 aromatic rings. The predicted octanol–water partition coefficient (Wildman–Crippen LogP) is 3.54. The van der Waals surface area contributed by atoms with E-state index < -0.39 is 0 Å². The zero-order valence-corrected chi connectivity index (χ0v) is 13.0. The van der Waals surface area contributed by atoms with Crippen LogP contribution < -0.4 is 10.1 Å². The molecule has 6 nitrogen and oxygen atoms in total.